The lowest BCUT2D eigenvalue weighted by Crippen LogP contribution is -1.99. The molecule has 0 fully saturated rings. The molecule has 0 aliphatic heterocycles. The number of methoxy groups -OCH3 is 1. The van der Waals surface area contributed by atoms with Crippen molar-refractivity contribution in [1.29, 1.82) is 0 Å². The topological polar surface area (TPSA) is 21.3 Å². The summed E-state index contributed by atoms with van der Waals surface area (Å²) < 4.78 is 5.29. The first kappa shape index (κ1) is 10.6. The third-order valence-corrected chi connectivity index (χ3v) is 1.95. The van der Waals surface area contributed by atoms with Crippen LogP contribution in [-0.2, 0) is 0 Å². The zero-order valence-electron chi connectivity index (χ0n) is 9.00. The molecule has 1 N–H and O–H groups in total. The Kier molecular flexibility index (Phi) is 4.05. The van der Waals surface area contributed by atoms with Crippen molar-refractivity contribution in [3.05, 3.63) is 29.8 Å². The highest BCUT2D eigenvalue weighted by atomic mass is 16.5. The molecule has 0 unspecified atom stereocenters. The molecule has 14 heavy (non-hydrogen) atoms. The maximum atomic E-state index is 5.29. The van der Waals surface area contributed by atoms with Gasteiger partial charge in [-0.05, 0) is 31.5 Å². The highest BCUT2D eigenvalue weighted by Crippen LogP contribution is 2.25. The lowest BCUT2D eigenvalue weighted by Gasteiger charge is -2.10. The third kappa shape index (κ3) is 2.52. The number of benzene rings is 1. The highest BCUT2D eigenvalue weighted by Gasteiger charge is 2.00. The molecule has 1 rings (SSSR count). The number of rotatable bonds is 4. The molecule has 0 aliphatic carbocycles. The van der Waals surface area contributed by atoms with Crippen molar-refractivity contribution in [3.63, 3.8) is 0 Å². The molecule has 1 aromatic carbocycles. The van der Waals surface area contributed by atoms with Crippen LogP contribution in [0.25, 0.3) is 6.08 Å². The monoisotopic (exact) mass is 191 g/mol. The Morgan fingerprint density at radius 1 is 1.43 bits per heavy atom. The molecule has 0 radical (unpaired) electrons. The molecule has 0 amide bonds. The lowest BCUT2D eigenvalue weighted by molar-refractivity contribution is 0.416. The van der Waals surface area contributed by atoms with Crippen molar-refractivity contribution in [2.45, 2.75) is 13.8 Å². The summed E-state index contributed by atoms with van der Waals surface area (Å²) in [4.78, 5) is 0. The van der Waals surface area contributed by atoms with Gasteiger partial charge in [-0.15, -0.1) is 0 Å². The van der Waals surface area contributed by atoms with Gasteiger partial charge >= 0.3 is 0 Å². The number of anilines is 1. The maximum absolute atomic E-state index is 5.29. The van der Waals surface area contributed by atoms with Crippen molar-refractivity contribution >= 4 is 11.8 Å². The molecule has 76 valence electrons. The number of allylic oxidation sites excluding steroid dienone is 1. The first-order chi connectivity index (χ1) is 6.81. The van der Waals surface area contributed by atoms with Crippen LogP contribution >= 0.6 is 0 Å². The van der Waals surface area contributed by atoms with Gasteiger partial charge in [-0.1, -0.05) is 18.2 Å². The Hall–Kier alpha value is -1.44. The molecule has 0 aliphatic rings. The van der Waals surface area contributed by atoms with Crippen LogP contribution in [0.15, 0.2) is 24.3 Å². The van der Waals surface area contributed by atoms with Gasteiger partial charge in [-0.25, -0.2) is 0 Å². The Morgan fingerprint density at radius 3 is 2.79 bits per heavy atom. The van der Waals surface area contributed by atoms with E-state index in [9.17, 15) is 0 Å². The number of hydrogen-bond donors (Lipinski definition) is 1. The third-order valence-electron chi connectivity index (χ3n) is 1.95. The van der Waals surface area contributed by atoms with E-state index in [0.29, 0.717) is 0 Å². The molecule has 2 nitrogen and oxygen atoms in total. The zero-order chi connectivity index (χ0) is 10.4. The van der Waals surface area contributed by atoms with Crippen LogP contribution in [0.1, 0.15) is 19.4 Å². The summed E-state index contributed by atoms with van der Waals surface area (Å²) in [6.45, 7) is 4.98. The van der Waals surface area contributed by atoms with Gasteiger partial charge in [0.15, 0.2) is 0 Å². The second-order valence-corrected chi connectivity index (χ2v) is 2.99. The minimum Gasteiger partial charge on any atom is -0.495 e. The lowest BCUT2D eigenvalue weighted by atomic mass is 10.1. The predicted molar refractivity (Wildman–Crippen MR) is 61.9 cm³/mol. The number of ether oxygens (including phenoxy) is 1. The molecule has 0 atom stereocenters. The Labute approximate surface area is 85.6 Å². The molecule has 2 heteroatoms. The molecule has 0 saturated carbocycles. The van der Waals surface area contributed by atoms with E-state index in [1.807, 2.05) is 25.1 Å². The second kappa shape index (κ2) is 5.32. The Bertz CT molecular complexity index is 318. The fraction of sp³-hybridized carbons (Fsp3) is 0.333. The molecule has 1 aromatic rings. The first-order valence-corrected chi connectivity index (χ1v) is 4.86. The zero-order valence-corrected chi connectivity index (χ0v) is 9.00. The summed E-state index contributed by atoms with van der Waals surface area (Å²) in [6, 6.07) is 6.14. The van der Waals surface area contributed by atoms with Gasteiger partial charge in [0.2, 0.25) is 0 Å². The van der Waals surface area contributed by atoms with Gasteiger partial charge in [0.05, 0.1) is 12.8 Å². The van der Waals surface area contributed by atoms with E-state index in [0.717, 1.165) is 23.5 Å². The SMILES string of the molecule is C/C=C/c1ccc(NCC)c(OC)c1. The van der Waals surface area contributed by atoms with Crippen LogP contribution in [0, 0.1) is 0 Å². The molecular formula is C12H17NO. The fourth-order valence-corrected chi connectivity index (χ4v) is 1.34. The fourth-order valence-electron chi connectivity index (χ4n) is 1.34. The van der Waals surface area contributed by atoms with E-state index >= 15 is 0 Å². The number of hydrogen-bond acceptors (Lipinski definition) is 2. The van der Waals surface area contributed by atoms with E-state index in [1.54, 1.807) is 7.11 Å². The highest BCUT2D eigenvalue weighted by molar-refractivity contribution is 5.63. The Balaban J connectivity index is 2.98. The van der Waals surface area contributed by atoms with Gasteiger partial charge in [-0.2, -0.15) is 0 Å². The summed E-state index contributed by atoms with van der Waals surface area (Å²) >= 11 is 0. The molecule has 0 bridgehead atoms. The van der Waals surface area contributed by atoms with Crippen molar-refractivity contribution < 1.29 is 4.74 Å². The van der Waals surface area contributed by atoms with E-state index < -0.39 is 0 Å². The largest absolute Gasteiger partial charge is 0.495 e. The minimum atomic E-state index is 0.891. The van der Waals surface area contributed by atoms with E-state index in [2.05, 4.69) is 24.4 Å². The molecular weight excluding hydrogens is 174 g/mol. The summed E-state index contributed by atoms with van der Waals surface area (Å²) in [5.74, 6) is 0.891. The van der Waals surface area contributed by atoms with Gasteiger partial charge in [-0.3, -0.25) is 0 Å². The van der Waals surface area contributed by atoms with Crippen molar-refractivity contribution in [1.82, 2.24) is 0 Å². The van der Waals surface area contributed by atoms with Crippen LogP contribution in [-0.4, -0.2) is 13.7 Å². The molecule has 0 saturated heterocycles. The maximum Gasteiger partial charge on any atom is 0.142 e. The Morgan fingerprint density at radius 2 is 2.21 bits per heavy atom. The van der Waals surface area contributed by atoms with E-state index in [-0.39, 0.29) is 0 Å². The minimum absolute atomic E-state index is 0.891. The van der Waals surface area contributed by atoms with Gasteiger partial charge < -0.3 is 10.1 Å². The van der Waals surface area contributed by atoms with Crippen molar-refractivity contribution in [2.75, 3.05) is 19.0 Å². The van der Waals surface area contributed by atoms with Crippen LogP contribution in [0.2, 0.25) is 0 Å². The molecule has 0 spiro atoms. The summed E-state index contributed by atoms with van der Waals surface area (Å²) in [5.41, 5.74) is 2.20. The average molecular weight is 191 g/mol. The van der Waals surface area contributed by atoms with E-state index in [4.69, 9.17) is 4.74 Å². The van der Waals surface area contributed by atoms with Crippen LogP contribution in [0.5, 0.6) is 5.75 Å². The second-order valence-electron chi connectivity index (χ2n) is 2.99. The van der Waals surface area contributed by atoms with Crippen LogP contribution in [0.3, 0.4) is 0 Å². The first-order valence-electron chi connectivity index (χ1n) is 4.86. The quantitative estimate of drug-likeness (QED) is 0.789. The van der Waals surface area contributed by atoms with Crippen LogP contribution in [0.4, 0.5) is 5.69 Å². The van der Waals surface area contributed by atoms with E-state index in [1.165, 1.54) is 0 Å². The smallest absolute Gasteiger partial charge is 0.142 e. The normalized spacial score (nSPS) is 10.5. The van der Waals surface area contributed by atoms with Gasteiger partial charge in [0, 0.05) is 6.54 Å². The van der Waals surface area contributed by atoms with Gasteiger partial charge in [0.1, 0.15) is 5.75 Å². The van der Waals surface area contributed by atoms with Crippen LogP contribution < -0.4 is 10.1 Å². The summed E-state index contributed by atoms with van der Waals surface area (Å²) in [5, 5.41) is 3.25. The molecule has 0 aromatic heterocycles. The summed E-state index contributed by atoms with van der Waals surface area (Å²) in [6.07, 6.45) is 4.07. The standard InChI is InChI=1S/C12H17NO/c1-4-6-10-7-8-11(13-5-2)12(9-10)14-3/h4,6-9,13H,5H2,1-3H3/b6-4+. The van der Waals surface area contributed by atoms with Crippen molar-refractivity contribution in [2.24, 2.45) is 0 Å². The number of nitrogens with one attached hydrogen (secondary N) is 1. The molecule has 0 heterocycles. The van der Waals surface area contributed by atoms with Crippen molar-refractivity contribution in [3.8, 4) is 5.75 Å². The van der Waals surface area contributed by atoms with Gasteiger partial charge in [0.25, 0.3) is 0 Å². The predicted octanol–water partition coefficient (Wildman–Crippen LogP) is 3.16. The summed E-state index contributed by atoms with van der Waals surface area (Å²) in [7, 11) is 1.69. The average Bonchev–Trinajstić information content (AvgIpc) is 2.21.